The van der Waals surface area contributed by atoms with Gasteiger partial charge in [0.15, 0.2) is 0 Å². The number of aromatic nitrogens is 2. The molecule has 1 N–H and O–H groups in total. The normalized spacial score (nSPS) is 22.2. The molecule has 1 aliphatic rings. The van der Waals surface area contributed by atoms with Gasteiger partial charge in [-0.1, -0.05) is 0 Å². The van der Waals surface area contributed by atoms with Crippen LogP contribution in [0.2, 0.25) is 0 Å². The van der Waals surface area contributed by atoms with Gasteiger partial charge in [-0.05, 0) is 0 Å². The molecular weight excluding hydrogens is 210 g/mol. The average Bonchev–Trinajstić information content (AvgIpc) is 2.64. The van der Waals surface area contributed by atoms with Crippen molar-refractivity contribution in [2.24, 2.45) is 7.05 Å². The van der Waals surface area contributed by atoms with Gasteiger partial charge in [-0.2, -0.15) is 5.10 Å². The highest BCUT2D eigenvalue weighted by Crippen LogP contribution is 2.11. The predicted octanol–water partition coefficient (Wildman–Crippen LogP) is -0.295. The van der Waals surface area contributed by atoms with Gasteiger partial charge in [-0.15, -0.1) is 0 Å². The van der Waals surface area contributed by atoms with E-state index in [0.29, 0.717) is 19.7 Å². The van der Waals surface area contributed by atoms with Crippen molar-refractivity contribution in [1.29, 1.82) is 0 Å². The van der Waals surface area contributed by atoms with Crippen molar-refractivity contribution in [2.45, 2.75) is 12.6 Å². The first-order chi connectivity index (χ1) is 7.66. The molecule has 88 valence electrons. The largest absolute Gasteiger partial charge is 0.480 e. The van der Waals surface area contributed by atoms with Crippen molar-refractivity contribution in [3.63, 3.8) is 0 Å². The molecule has 1 aliphatic heterocycles. The number of hydrogen-bond donors (Lipinski definition) is 1. The molecule has 1 unspecified atom stereocenters. The third-order valence-corrected chi connectivity index (χ3v) is 2.67. The number of carboxylic acid groups (broad SMARTS) is 1. The predicted molar refractivity (Wildman–Crippen MR) is 55.9 cm³/mol. The third-order valence-electron chi connectivity index (χ3n) is 2.67. The van der Waals surface area contributed by atoms with Crippen LogP contribution >= 0.6 is 0 Å². The highest BCUT2D eigenvalue weighted by atomic mass is 16.5. The molecule has 1 aromatic heterocycles. The molecule has 2 rings (SSSR count). The Bertz CT molecular complexity index is 377. The number of morpholine rings is 1. The highest BCUT2D eigenvalue weighted by molar-refractivity contribution is 5.73. The zero-order valence-corrected chi connectivity index (χ0v) is 9.17. The molecule has 0 amide bonds. The van der Waals surface area contributed by atoms with E-state index in [-0.39, 0.29) is 6.61 Å². The van der Waals surface area contributed by atoms with E-state index in [0.717, 1.165) is 5.56 Å². The van der Waals surface area contributed by atoms with E-state index in [1.165, 1.54) is 0 Å². The highest BCUT2D eigenvalue weighted by Gasteiger charge is 2.29. The van der Waals surface area contributed by atoms with E-state index in [4.69, 9.17) is 9.84 Å². The van der Waals surface area contributed by atoms with Crippen LogP contribution in [-0.2, 0) is 23.1 Å². The van der Waals surface area contributed by atoms with Crippen molar-refractivity contribution in [1.82, 2.24) is 14.7 Å². The SMILES string of the molecule is Cn1cc(CN2CCOCC2C(=O)O)cn1. The summed E-state index contributed by atoms with van der Waals surface area (Å²) < 4.78 is 6.89. The molecule has 6 heteroatoms. The maximum Gasteiger partial charge on any atom is 0.323 e. The summed E-state index contributed by atoms with van der Waals surface area (Å²) in [5.74, 6) is -0.830. The summed E-state index contributed by atoms with van der Waals surface area (Å²) in [6.07, 6.45) is 3.66. The van der Waals surface area contributed by atoms with Crippen molar-refractivity contribution >= 4 is 5.97 Å². The van der Waals surface area contributed by atoms with E-state index in [2.05, 4.69) is 5.10 Å². The Hall–Kier alpha value is -1.40. The fourth-order valence-electron chi connectivity index (χ4n) is 1.84. The minimum Gasteiger partial charge on any atom is -0.480 e. The number of aryl methyl sites for hydroxylation is 1. The molecule has 0 bridgehead atoms. The van der Waals surface area contributed by atoms with Gasteiger partial charge in [0.25, 0.3) is 0 Å². The number of hydrogen-bond acceptors (Lipinski definition) is 4. The van der Waals surface area contributed by atoms with Crippen LogP contribution in [0.4, 0.5) is 0 Å². The zero-order valence-electron chi connectivity index (χ0n) is 9.17. The lowest BCUT2D eigenvalue weighted by Gasteiger charge is -2.32. The third kappa shape index (κ3) is 2.40. The minimum atomic E-state index is -0.830. The number of carboxylic acids is 1. The topological polar surface area (TPSA) is 67.6 Å². The number of rotatable bonds is 3. The zero-order chi connectivity index (χ0) is 11.5. The lowest BCUT2D eigenvalue weighted by molar-refractivity contribution is -0.150. The fraction of sp³-hybridized carbons (Fsp3) is 0.600. The first-order valence-electron chi connectivity index (χ1n) is 5.19. The average molecular weight is 225 g/mol. The Balaban J connectivity index is 2.03. The van der Waals surface area contributed by atoms with Gasteiger partial charge in [0.2, 0.25) is 0 Å². The Kier molecular flexibility index (Phi) is 3.21. The molecule has 0 radical (unpaired) electrons. The van der Waals surface area contributed by atoms with Gasteiger partial charge in [0.1, 0.15) is 6.04 Å². The van der Waals surface area contributed by atoms with Crippen LogP contribution in [0, 0.1) is 0 Å². The van der Waals surface area contributed by atoms with Gasteiger partial charge in [0.05, 0.1) is 19.4 Å². The second-order valence-corrected chi connectivity index (χ2v) is 3.92. The molecule has 1 atom stereocenters. The minimum absolute atomic E-state index is 0.260. The molecule has 1 saturated heterocycles. The Morgan fingerprint density at radius 2 is 2.56 bits per heavy atom. The Morgan fingerprint density at radius 1 is 1.75 bits per heavy atom. The van der Waals surface area contributed by atoms with E-state index in [1.54, 1.807) is 10.9 Å². The molecule has 6 nitrogen and oxygen atoms in total. The van der Waals surface area contributed by atoms with Crippen molar-refractivity contribution in [2.75, 3.05) is 19.8 Å². The lowest BCUT2D eigenvalue weighted by Crippen LogP contribution is -2.49. The van der Waals surface area contributed by atoms with Crippen LogP contribution in [0.5, 0.6) is 0 Å². The monoisotopic (exact) mass is 225 g/mol. The molecule has 16 heavy (non-hydrogen) atoms. The summed E-state index contributed by atoms with van der Waals surface area (Å²) >= 11 is 0. The Morgan fingerprint density at radius 3 is 3.19 bits per heavy atom. The molecule has 2 heterocycles. The molecule has 0 aromatic carbocycles. The summed E-state index contributed by atoms with van der Waals surface area (Å²) in [5, 5.41) is 13.1. The van der Waals surface area contributed by atoms with Crippen LogP contribution in [0.15, 0.2) is 12.4 Å². The first-order valence-corrected chi connectivity index (χ1v) is 5.19. The van der Waals surface area contributed by atoms with Crippen LogP contribution in [0.25, 0.3) is 0 Å². The number of nitrogens with zero attached hydrogens (tertiary/aromatic N) is 3. The van der Waals surface area contributed by atoms with E-state index in [9.17, 15) is 4.79 Å². The number of ether oxygens (including phenoxy) is 1. The smallest absolute Gasteiger partial charge is 0.323 e. The van der Waals surface area contributed by atoms with E-state index in [1.807, 2.05) is 18.1 Å². The molecule has 0 saturated carbocycles. The van der Waals surface area contributed by atoms with Gasteiger partial charge in [-0.3, -0.25) is 14.4 Å². The fourth-order valence-corrected chi connectivity index (χ4v) is 1.84. The second kappa shape index (κ2) is 4.63. The van der Waals surface area contributed by atoms with Gasteiger partial charge in [-0.25, -0.2) is 0 Å². The summed E-state index contributed by atoms with van der Waals surface area (Å²) in [4.78, 5) is 12.9. The van der Waals surface area contributed by atoms with Crippen molar-refractivity contribution < 1.29 is 14.6 Å². The summed E-state index contributed by atoms with van der Waals surface area (Å²) in [6, 6.07) is -0.547. The van der Waals surface area contributed by atoms with Gasteiger partial charge < -0.3 is 9.84 Å². The van der Waals surface area contributed by atoms with Crippen LogP contribution in [0.3, 0.4) is 0 Å². The molecule has 1 aromatic rings. The summed E-state index contributed by atoms with van der Waals surface area (Å²) in [6.45, 7) is 2.10. The Labute approximate surface area is 93.4 Å². The molecule has 0 spiro atoms. The van der Waals surface area contributed by atoms with Crippen LogP contribution in [-0.4, -0.2) is 51.6 Å². The molecular formula is C10H15N3O3. The number of aliphatic carboxylic acids is 1. The standard InChI is InChI=1S/C10H15N3O3/c1-12-5-8(4-11-12)6-13-2-3-16-7-9(13)10(14)15/h4-5,9H,2-3,6-7H2,1H3,(H,14,15). The first kappa shape index (κ1) is 11.1. The van der Waals surface area contributed by atoms with Crippen molar-refractivity contribution in [3.05, 3.63) is 18.0 Å². The summed E-state index contributed by atoms with van der Waals surface area (Å²) in [7, 11) is 1.84. The maximum absolute atomic E-state index is 11.0. The van der Waals surface area contributed by atoms with Crippen LogP contribution in [0.1, 0.15) is 5.56 Å². The van der Waals surface area contributed by atoms with Gasteiger partial charge >= 0.3 is 5.97 Å². The van der Waals surface area contributed by atoms with E-state index < -0.39 is 12.0 Å². The summed E-state index contributed by atoms with van der Waals surface area (Å²) in [5.41, 5.74) is 1.02. The lowest BCUT2D eigenvalue weighted by atomic mass is 10.2. The van der Waals surface area contributed by atoms with Gasteiger partial charge in [0, 0.05) is 31.9 Å². The van der Waals surface area contributed by atoms with E-state index >= 15 is 0 Å². The number of carbonyl (C=O) groups is 1. The maximum atomic E-state index is 11.0. The molecule has 0 aliphatic carbocycles. The van der Waals surface area contributed by atoms with Crippen molar-refractivity contribution in [3.8, 4) is 0 Å². The van der Waals surface area contributed by atoms with Crippen LogP contribution < -0.4 is 0 Å². The molecule has 1 fully saturated rings. The quantitative estimate of drug-likeness (QED) is 0.765. The second-order valence-electron chi connectivity index (χ2n) is 3.92.